The van der Waals surface area contributed by atoms with Gasteiger partial charge >= 0.3 is 8.56 Å². The van der Waals surface area contributed by atoms with Gasteiger partial charge < -0.3 is 18.3 Å². The Kier molecular flexibility index (Phi) is 4.95. The summed E-state index contributed by atoms with van der Waals surface area (Å²) in [6.07, 6.45) is 1.50. The molecule has 0 atom stereocenters. The maximum Gasteiger partial charge on any atom is 0.408 e. The Morgan fingerprint density at radius 1 is 1.08 bits per heavy atom. The Hall–Kier alpha value is -0.523. The van der Waals surface area contributed by atoms with E-state index in [1.165, 1.54) is 6.26 Å². The molecule has 0 fully saturated rings. The molecule has 0 aliphatic rings. The van der Waals surface area contributed by atoms with Crippen molar-refractivity contribution in [2.45, 2.75) is 6.55 Å². The van der Waals surface area contributed by atoms with E-state index < -0.39 is 8.56 Å². The van der Waals surface area contributed by atoms with E-state index in [1.54, 1.807) is 28.4 Å². The first kappa shape index (κ1) is 11.5. The van der Waals surface area contributed by atoms with Crippen molar-refractivity contribution in [1.29, 1.82) is 0 Å². The molecule has 72 valence electrons. The first-order chi connectivity index (χ1) is 5.64. The molecule has 0 saturated carbocycles. The van der Waals surface area contributed by atoms with Crippen molar-refractivity contribution in [2.75, 3.05) is 28.4 Å². The zero-order valence-corrected chi connectivity index (χ0v) is 9.21. The van der Waals surface area contributed by atoms with Gasteiger partial charge in [-0.3, -0.25) is 0 Å². The van der Waals surface area contributed by atoms with Crippen LogP contribution in [0.4, 0.5) is 0 Å². The first-order valence-corrected chi connectivity index (χ1v) is 5.84. The fourth-order valence-corrected chi connectivity index (χ4v) is 2.00. The maximum absolute atomic E-state index is 5.24. The molecule has 5 heteroatoms. The van der Waals surface area contributed by atoms with E-state index in [-0.39, 0.29) is 0 Å². The highest BCUT2D eigenvalue weighted by atomic mass is 28.4. The van der Waals surface area contributed by atoms with E-state index in [0.29, 0.717) is 5.38 Å². The molecule has 0 spiro atoms. The van der Waals surface area contributed by atoms with Crippen LogP contribution in [0.25, 0.3) is 0 Å². The standard InChI is InChI=1S/C7H16O4Si/c1-8-6-7(9-2)12(5,10-3)11-4/h6H,1-5H3/b7-6+. The summed E-state index contributed by atoms with van der Waals surface area (Å²) in [6.45, 7) is 1.88. The third kappa shape index (κ3) is 2.51. The van der Waals surface area contributed by atoms with Crippen molar-refractivity contribution in [2.24, 2.45) is 0 Å². The van der Waals surface area contributed by atoms with Gasteiger partial charge in [0.05, 0.1) is 14.2 Å². The minimum absolute atomic E-state index is 0.620. The van der Waals surface area contributed by atoms with Gasteiger partial charge in [-0.25, -0.2) is 0 Å². The summed E-state index contributed by atoms with van der Waals surface area (Å²) in [5.41, 5.74) is 0. The van der Waals surface area contributed by atoms with Gasteiger partial charge in [0.1, 0.15) is 6.26 Å². The third-order valence-electron chi connectivity index (χ3n) is 1.67. The zero-order valence-electron chi connectivity index (χ0n) is 8.21. The Morgan fingerprint density at radius 3 is 1.83 bits per heavy atom. The van der Waals surface area contributed by atoms with E-state index >= 15 is 0 Å². The van der Waals surface area contributed by atoms with Crippen molar-refractivity contribution in [3.05, 3.63) is 11.6 Å². The van der Waals surface area contributed by atoms with E-state index in [2.05, 4.69) is 0 Å². The predicted octanol–water partition coefficient (Wildman–Crippen LogP) is 1.02. The minimum atomic E-state index is -2.33. The van der Waals surface area contributed by atoms with Crippen LogP contribution in [-0.4, -0.2) is 37.0 Å². The van der Waals surface area contributed by atoms with Crippen LogP contribution in [0.2, 0.25) is 6.55 Å². The van der Waals surface area contributed by atoms with Crippen LogP contribution in [0.1, 0.15) is 0 Å². The largest absolute Gasteiger partial charge is 0.501 e. The first-order valence-electron chi connectivity index (χ1n) is 3.52. The van der Waals surface area contributed by atoms with Gasteiger partial charge in [-0.1, -0.05) is 0 Å². The molecule has 0 N–H and O–H groups in total. The van der Waals surface area contributed by atoms with Gasteiger partial charge in [0.2, 0.25) is 0 Å². The molecule has 0 aromatic carbocycles. The highest BCUT2D eigenvalue weighted by molar-refractivity contribution is 6.72. The van der Waals surface area contributed by atoms with Gasteiger partial charge in [0.15, 0.2) is 5.38 Å². The molecule has 12 heavy (non-hydrogen) atoms. The summed E-state index contributed by atoms with van der Waals surface area (Å²) < 4.78 is 20.4. The predicted molar refractivity (Wildman–Crippen MR) is 47.7 cm³/mol. The number of hydrogen-bond acceptors (Lipinski definition) is 4. The lowest BCUT2D eigenvalue weighted by Gasteiger charge is -2.23. The van der Waals surface area contributed by atoms with Gasteiger partial charge in [-0.2, -0.15) is 0 Å². The summed E-state index contributed by atoms with van der Waals surface area (Å²) in [4.78, 5) is 0. The highest BCUT2D eigenvalue weighted by Crippen LogP contribution is 2.16. The molecule has 0 bridgehead atoms. The summed E-state index contributed by atoms with van der Waals surface area (Å²) in [7, 11) is 3.98. The lowest BCUT2D eigenvalue weighted by atomic mass is 11.0. The van der Waals surface area contributed by atoms with E-state index in [4.69, 9.17) is 18.3 Å². The molecule has 0 unspecified atom stereocenters. The van der Waals surface area contributed by atoms with Gasteiger partial charge in [0, 0.05) is 14.2 Å². The lowest BCUT2D eigenvalue weighted by Crippen LogP contribution is -2.40. The molecule has 0 rings (SSSR count). The smallest absolute Gasteiger partial charge is 0.408 e. The zero-order chi connectivity index (χ0) is 9.61. The Balaban J connectivity index is 4.55. The van der Waals surface area contributed by atoms with E-state index in [1.807, 2.05) is 6.55 Å². The summed E-state index contributed by atoms with van der Waals surface area (Å²) in [6, 6.07) is 0. The summed E-state index contributed by atoms with van der Waals surface area (Å²) in [5.74, 6) is 0. The van der Waals surface area contributed by atoms with Crippen LogP contribution in [0, 0.1) is 0 Å². The monoisotopic (exact) mass is 192 g/mol. The number of hydrogen-bond donors (Lipinski definition) is 0. The molecular formula is C7H16O4Si. The number of rotatable bonds is 5. The van der Waals surface area contributed by atoms with Crippen LogP contribution < -0.4 is 0 Å². The van der Waals surface area contributed by atoms with E-state index in [0.717, 1.165) is 0 Å². The second kappa shape index (κ2) is 5.18. The van der Waals surface area contributed by atoms with Gasteiger partial charge in [-0.15, -0.1) is 0 Å². The molecule has 0 amide bonds. The van der Waals surface area contributed by atoms with Crippen LogP contribution in [0.3, 0.4) is 0 Å². The van der Waals surface area contributed by atoms with Crippen LogP contribution in [0.15, 0.2) is 11.6 Å². The topological polar surface area (TPSA) is 36.9 Å². The molecular weight excluding hydrogens is 176 g/mol. The van der Waals surface area contributed by atoms with Crippen LogP contribution >= 0.6 is 0 Å². The SMILES string of the molecule is CO/C=C(\OC)[Si](C)(OC)OC. The molecule has 0 heterocycles. The number of methoxy groups -OCH3 is 2. The molecule has 4 nitrogen and oxygen atoms in total. The van der Waals surface area contributed by atoms with Crippen molar-refractivity contribution in [1.82, 2.24) is 0 Å². The van der Waals surface area contributed by atoms with Crippen molar-refractivity contribution in [3.63, 3.8) is 0 Å². The Bertz CT molecular complexity index is 153. The van der Waals surface area contributed by atoms with Crippen molar-refractivity contribution < 1.29 is 18.3 Å². The quantitative estimate of drug-likeness (QED) is 0.481. The highest BCUT2D eigenvalue weighted by Gasteiger charge is 2.36. The fraction of sp³-hybridized carbons (Fsp3) is 0.714. The fourth-order valence-electron chi connectivity index (χ4n) is 0.732. The lowest BCUT2D eigenvalue weighted by molar-refractivity contribution is 0.200. The second-order valence-corrected chi connectivity index (χ2v) is 5.48. The average Bonchev–Trinajstić information content (AvgIpc) is 2.13. The Morgan fingerprint density at radius 2 is 1.58 bits per heavy atom. The average molecular weight is 192 g/mol. The van der Waals surface area contributed by atoms with Gasteiger partial charge in [0.25, 0.3) is 0 Å². The normalized spacial score (nSPS) is 12.9. The van der Waals surface area contributed by atoms with Crippen LogP contribution in [-0.2, 0) is 18.3 Å². The molecule has 0 aliphatic heterocycles. The molecule has 0 saturated heterocycles. The van der Waals surface area contributed by atoms with Gasteiger partial charge in [-0.05, 0) is 6.55 Å². The third-order valence-corrected chi connectivity index (χ3v) is 4.45. The summed E-state index contributed by atoms with van der Waals surface area (Å²) in [5, 5.41) is 0.620. The number of ether oxygens (including phenoxy) is 2. The molecule has 0 radical (unpaired) electrons. The maximum atomic E-state index is 5.24. The van der Waals surface area contributed by atoms with Crippen molar-refractivity contribution >= 4 is 8.56 Å². The molecule has 0 aliphatic carbocycles. The molecule has 0 aromatic heterocycles. The minimum Gasteiger partial charge on any atom is -0.501 e. The molecule has 0 aromatic rings. The summed E-state index contributed by atoms with van der Waals surface area (Å²) >= 11 is 0. The van der Waals surface area contributed by atoms with Crippen LogP contribution in [0.5, 0.6) is 0 Å². The van der Waals surface area contributed by atoms with E-state index in [9.17, 15) is 0 Å². The Labute approximate surface area is 74.3 Å². The second-order valence-electron chi connectivity index (χ2n) is 2.28. The van der Waals surface area contributed by atoms with Crippen molar-refractivity contribution in [3.8, 4) is 0 Å².